The molecule has 0 aliphatic carbocycles. The van der Waals surface area contributed by atoms with E-state index in [9.17, 15) is 0 Å². The Balaban J connectivity index is 3.00. The third kappa shape index (κ3) is 4.09. The summed E-state index contributed by atoms with van der Waals surface area (Å²) in [6.07, 6.45) is 0. The monoisotopic (exact) mass is 264 g/mol. The van der Waals surface area contributed by atoms with E-state index >= 15 is 0 Å². The van der Waals surface area contributed by atoms with Crippen LogP contribution < -0.4 is 0 Å². The molecule has 0 saturated carbocycles. The molecule has 0 radical (unpaired) electrons. The van der Waals surface area contributed by atoms with Gasteiger partial charge < -0.3 is 8.85 Å². The Kier molecular flexibility index (Phi) is 6.33. The summed E-state index contributed by atoms with van der Waals surface area (Å²) in [6, 6.07) is 11.3. The van der Waals surface area contributed by atoms with Crippen LogP contribution in [0.5, 0.6) is 0 Å². The van der Waals surface area contributed by atoms with Gasteiger partial charge in [-0.05, 0) is 43.7 Å². The maximum atomic E-state index is 5.95. The third-order valence-corrected chi connectivity index (χ3v) is 6.35. The Bertz CT molecular complexity index is 367. The molecule has 3 heteroatoms. The van der Waals surface area contributed by atoms with Crippen LogP contribution in [-0.2, 0) is 8.85 Å². The second-order valence-corrected chi connectivity index (χ2v) is 7.42. The van der Waals surface area contributed by atoms with E-state index in [0.29, 0.717) is 13.2 Å². The van der Waals surface area contributed by atoms with Crippen LogP contribution in [0.2, 0.25) is 6.04 Å². The van der Waals surface area contributed by atoms with Gasteiger partial charge in [0.1, 0.15) is 0 Å². The molecule has 0 aliphatic rings. The Labute approximate surface area is 112 Å². The van der Waals surface area contributed by atoms with E-state index < -0.39 is 8.56 Å². The van der Waals surface area contributed by atoms with Crippen molar-refractivity contribution in [2.45, 2.75) is 33.7 Å². The molecule has 0 heterocycles. The number of benzene rings is 1. The molecule has 18 heavy (non-hydrogen) atoms. The molecular weight excluding hydrogens is 240 g/mol. The van der Waals surface area contributed by atoms with Crippen molar-refractivity contribution in [3.05, 3.63) is 41.6 Å². The summed E-state index contributed by atoms with van der Waals surface area (Å²) in [7, 11) is -2.18. The van der Waals surface area contributed by atoms with Crippen molar-refractivity contribution in [3.8, 4) is 0 Å². The summed E-state index contributed by atoms with van der Waals surface area (Å²) in [5.41, 5.74) is 4.71. The Hall–Kier alpha value is -0.903. The molecule has 0 saturated heterocycles. The average molecular weight is 264 g/mol. The highest BCUT2D eigenvalue weighted by molar-refractivity contribution is 6.73. The van der Waals surface area contributed by atoms with Crippen LogP contribution in [0.25, 0.3) is 5.57 Å². The van der Waals surface area contributed by atoms with Gasteiger partial charge in [0.15, 0.2) is 0 Å². The minimum atomic E-state index is -2.18. The molecule has 1 aromatic carbocycles. The van der Waals surface area contributed by atoms with E-state index in [4.69, 9.17) is 8.85 Å². The molecule has 0 aliphatic heterocycles. The fourth-order valence-corrected chi connectivity index (χ4v) is 4.70. The molecular formula is C15H24O2Si. The molecule has 0 N–H and O–H groups in total. The molecule has 100 valence electrons. The normalized spacial score (nSPS) is 12.8. The minimum absolute atomic E-state index is 0.707. The van der Waals surface area contributed by atoms with Gasteiger partial charge in [-0.3, -0.25) is 0 Å². The molecule has 0 spiro atoms. The highest BCUT2D eigenvalue weighted by Crippen LogP contribution is 2.22. The zero-order valence-electron chi connectivity index (χ0n) is 11.9. The van der Waals surface area contributed by atoms with E-state index in [1.807, 2.05) is 19.9 Å². The molecule has 1 aromatic rings. The van der Waals surface area contributed by atoms with Gasteiger partial charge in [0.05, 0.1) is 0 Å². The highest BCUT2D eigenvalue weighted by atomic mass is 28.4. The molecule has 2 nitrogen and oxygen atoms in total. The SMILES string of the molecule is CCO[Si](C=C(C)c1ccccc1)(CC)OCC. The van der Waals surface area contributed by atoms with Crippen molar-refractivity contribution < 1.29 is 8.85 Å². The summed E-state index contributed by atoms with van der Waals surface area (Å²) in [6.45, 7) is 9.75. The smallest absolute Gasteiger partial charge is 0.365 e. The third-order valence-electron chi connectivity index (χ3n) is 2.94. The van der Waals surface area contributed by atoms with Crippen LogP contribution in [-0.4, -0.2) is 21.8 Å². The van der Waals surface area contributed by atoms with Crippen molar-refractivity contribution in [1.29, 1.82) is 0 Å². The van der Waals surface area contributed by atoms with Gasteiger partial charge >= 0.3 is 8.56 Å². The Morgan fingerprint density at radius 3 is 2.06 bits per heavy atom. The van der Waals surface area contributed by atoms with Gasteiger partial charge in [-0.1, -0.05) is 37.3 Å². The van der Waals surface area contributed by atoms with Gasteiger partial charge in [0.2, 0.25) is 0 Å². The van der Waals surface area contributed by atoms with Crippen molar-refractivity contribution >= 4 is 14.1 Å². The van der Waals surface area contributed by atoms with Crippen molar-refractivity contribution in [3.63, 3.8) is 0 Å². The summed E-state index contributed by atoms with van der Waals surface area (Å²) >= 11 is 0. The summed E-state index contributed by atoms with van der Waals surface area (Å²) in [4.78, 5) is 0. The molecule has 0 amide bonds. The lowest BCUT2D eigenvalue weighted by atomic mass is 10.1. The van der Waals surface area contributed by atoms with Gasteiger partial charge in [0, 0.05) is 13.2 Å². The number of allylic oxidation sites excluding steroid dienone is 1. The van der Waals surface area contributed by atoms with E-state index in [-0.39, 0.29) is 0 Å². The predicted octanol–water partition coefficient (Wildman–Crippen LogP) is 4.16. The van der Waals surface area contributed by atoms with Crippen LogP contribution >= 0.6 is 0 Å². The van der Waals surface area contributed by atoms with Crippen molar-refractivity contribution in [2.24, 2.45) is 0 Å². The quantitative estimate of drug-likeness (QED) is 0.688. The number of hydrogen-bond acceptors (Lipinski definition) is 2. The van der Waals surface area contributed by atoms with Crippen molar-refractivity contribution in [2.75, 3.05) is 13.2 Å². The molecule has 0 fully saturated rings. The number of rotatable bonds is 7. The topological polar surface area (TPSA) is 18.5 Å². The predicted molar refractivity (Wildman–Crippen MR) is 79.6 cm³/mol. The molecule has 0 bridgehead atoms. The first-order chi connectivity index (χ1) is 8.67. The first kappa shape index (κ1) is 15.2. The van der Waals surface area contributed by atoms with E-state index in [2.05, 4.69) is 43.8 Å². The summed E-state index contributed by atoms with van der Waals surface area (Å²) in [5, 5.41) is 0. The maximum Gasteiger partial charge on any atom is 0.365 e. The first-order valence-corrected chi connectivity index (χ1v) is 8.80. The maximum absolute atomic E-state index is 5.95. The molecule has 0 unspecified atom stereocenters. The number of hydrogen-bond donors (Lipinski definition) is 0. The molecule has 0 atom stereocenters. The largest absolute Gasteiger partial charge is 0.392 e. The van der Waals surface area contributed by atoms with Crippen LogP contribution in [0.4, 0.5) is 0 Å². The first-order valence-electron chi connectivity index (χ1n) is 6.70. The van der Waals surface area contributed by atoms with Crippen LogP contribution in [0.1, 0.15) is 33.3 Å². The van der Waals surface area contributed by atoms with Crippen LogP contribution in [0, 0.1) is 0 Å². The molecule has 1 rings (SSSR count). The zero-order chi connectivity index (χ0) is 13.4. The second-order valence-electron chi connectivity index (χ2n) is 4.22. The van der Waals surface area contributed by atoms with Gasteiger partial charge in [-0.15, -0.1) is 0 Å². The van der Waals surface area contributed by atoms with Crippen molar-refractivity contribution in [1.82, 2.24) is 0 Å². The van der Waals surface area contributed by atoms with E-state index in [0.717, 1.165) is 6.04 Å². The second kappa shape index (κ2) is 7.51. The summed E-state index contributed by atoms with van der Waals surface area (Å²) in [5.74, 6) is 0. The minimum Gasteiger partial charge on any atom is -0.392 e. The van der Waals surface area contributed by atoms with Gasteiger partial charge in [0.25, 0.3) is 0 Å². The zero-order valence-corrected chi connectivity index (χ0v) is 12.9. The lowest BCUT2D eigenvalue weighted by Crippen LogP contribution is -2.40. The highest BCUT2D eigenvalue weighted by Gasteiger charge is 2.32. The Morgan fingerprint density at radius 2 is 1.61 bits per heavy atom. The van der Waals surface area contributed by atoms with E-state index in [1.165, 1.54) is 11.1 Å². The van der Waals surface area contributed by atoms with Gasteiger partial charge in [-0.2, -0.15) is 0 Å². The van der Waals surface area contributed by atoms with Crippen LogP contribution in [0.15, 0.2) is 36.0 Å². The van der Waals surface area contributed by atoms with E-state index in [1.54, 1.807) is 0 Å². The average Bonchev–Trinajstić information content (AvgIpc) is 2.40. The summed E-state index contributed by atoms with van der Waals surface area (Å²) < 4.78 is 11.9. The fraction of sp³-hybridized carbons (Fsp3) is 0.467. The fourth-order valence-electron chi connectivity index (χ4n) is 2.03. The Morgan fingerprint density at radius 1 is 1.06 bits per heavy atom. The standard InChI is InChI=1S/C15H24O2Si/c1-5-16-18(7-3,17-6-2)13-14(4)15-11-9-8-10-12-15/h8-13H,5-7H2,1-4H3. The lowest BCUT2D eigenvalue weighted by Gasteiger charge is -2.26. The molecule has 0 aromatic heterocycles. The lowest BCUT2D eigenvalue weighted by molar-refractivity contribution is 0.195. The van der Waals surface area contributed by atoms with Gasteiger partial charge in [-0.25, -0.2) is 0 Å². The van der Waals surface area contributed by atoms with Crippen LogP contribution in [0.3, 0.4) is 0 Å².